The van der Waals surface area contributed by atoms with Gasteiger partial charge in [-0.25, -0.2) is 4.68 Å². The van der Waals surface area contributed by atoms with Crippen LogP contribution in [0.2, 0.25) is 0 Å². The molecule has 3 N–H and O–H groups in total. The molecule has 3 rings (SSSR count). The summed E-state index contributed by atoms with van der Waals surface area (Å²) >= 11 is 0. The Bertz CT molecular complexity index is 926. The lowest BCUT2D eigenvalue weighted by Crippen LogP contribution is -2.41. The molecule has 0 saturated heterocycles. The van der Waals surface area contributed by atoms with Crippen LogP contribution in [0, 0.1) is 0 Å². The molecule has 31 heavy (non-hydrogen) atoms. The topological polar surface area (TPSA) is 83.3 Å². The molecule has 0 atom stereocenters. The molecule has 2 aromatic carbocycles. The van der Waals surface area contributed by atoms with Gasteiger partial charge in [-0.3, -0.25) is 9.79 Å². The van der Waals surface area contributed by atoms with Crippen molar-refractivity contribution in [3.63, 3.8) is 0 Å². The fourth-order valence-electron chi connectivity index (χ4n) is 2.92. The third kappa shape index (κ3) is 8.05. The van der Waals surface area contributed by atoms with Crippen LogP contribution in [-0.4, -0.2) is 47.8 Å². The molecule has 0 saturated carbocycles. The summed E-state index contributed by atoms with van der Waals surface area (Å²) in [5, 5.41) is 13.6. The van der Waals surface area contributed by atoms with Crippen LogP contribution in [0.25, 0.3) is 5.69 Å². The average molecular weight is 532 g/mol. The highest BCUT2D eigenvalue weighted by molar-refractivity contribution is 14.0. The second-order valence-electron chi connectivity index (χ2n) is 6.68. The quantitative estimate of drug-likeness (QED) is 0.171. The van der Waals surface area contributed by atoms with E-state index in [-0.39, 0.29) is 29.9 Å². The summed E-state index contributed by atoms with van der Waals surface area (Å²) in [5.74, 6) is 0.678. The fourth-order valence-corrected chi connectivity index (χ4v) is 2.92. The summed E-state index contributed by atoms with van der Waals surface area (Å²) < 4.78 is 1.84. The summed E-state index contributed by atoms with van der Waals surface area (Å²) in [4.78, 5) is 16.7. The molecule has 164 valence electrons. The van der Waals surface area contributed by atoms with Crippen molar-refractivity contribution in [2.75, 3.05) is 26.2 Å². The van der Waals surface area contributed by atoms with Gasteiger partial charge in [-0.2, -0.15) is 5.10 Å². The number of benzene rings is 2. The van der Waals surface area contributed by atoms with E-state index in [0.717, 1.165) is 24.6 Å². The van der Waals surface area contributed by atoms with E-state index in [9.17, 15) is 4.79 Å². The number of aliphatic imine (C=N–C) groups is 1. The number of guanidine groups is 1. The van der Waals surface area contributed by atoms with Crippen LogP contribution >= 0.6 is 24.0 Å². The molecular formula is C23H29IN6O. The van der Waals surface area contributed by atoms with Crippen molar-refractivity contribution in [3.8, 4) is 5.69 Å². The van der Waals surface area contributed by atoms with Crippen molar-refractivity contribution in [1.29, 1.82) is 0 Å². The van der Waals surface area contributed by atoms with E-state index in [0.29, 0.717) is 25.2 Å². The third-order valence-electron chi connectivity index (χ3n) is 4.46. The first kappa shape index (κ1) is 24.4. The maximum Gasteiger partial charge on any atom is 0.251 e. The predicted molar refractivity (Wildman–Crippen MR) is 135 cm³/mol. The minimum Gasteiger partial charge on any atom is -0.357 e. The lowest BCUT2D eigenvalue weighted by atomic mass is 10.1. The van der Waals surface area contributed by atoms with Crippen LogP contribution in [0.4, 0.5) is 0 Å². The van der Waals surface area contributed by atoms with Gasteiger partial charge in [0.15, 0.2) is 5.96 Å². The van der Waals surface area contributed by atoms with Crippen LogP contribution in [0.1, 0.15) is 22.8 Å². The first-order valence-corrected chi connectivity index (χ1v) is 10.2. The number of hydrogen-bond donors (Lipinski definition) is 3. The maximum atomic E-state index is 12.1. The SMILES string of the molecule is CCNC(=NCCc1ccc(-n2cccn2)cc1)NCCNC(=O)c1ccccc1.I. The van der Waals surface area contributed by atoms with Crippen LogP contribution < -0.4 is 16.0 Å². The van der Waals surface area contributed by atoms with Crippen LogP contribution in [0.5, 0.6) is 0 Å². The molecule has 0 radical (unpaired) electrons. The Labute approximate surface area is 200 Å². The third-order valence-corrected chi connectivity index (χ3v) is 4.46. The molecule has 0 unspecified atom stereocenters. The van der Waals surface area contributed by atoms with Gasteiger partial charge in [-0.15, -0.1) is 24.0 Å². The zero-order chi connectivity index (χ0) is 21.0. The number of nitrogens with one attached hydrogen (secondary N) is 3. The Morgan fingerprint density at radius 2 is 1.71 bits per heavy atom. The van der Waals surface area contributed by atoms with Gasteiger partial charge >= 0.3 is 0 Å². The molecule has 0 aliphatic carbocycles. The lowest BCUT2D eigenvalue weighted by Gasteiger charge is -2.12. The largest absolute Gasteiger partial charge is 0.357 e. The second kappa shape index (κ2) is 13.4. The number of rotatable bonds is 9. The van der Waals surface area contributed by atoms with E-state index >= 15 is 0 Å². The molecule has 1 aromatic heterocycles. The van der Waals surface area contributed by atoms with E-state index in [1.807, 2.05) is 42.1 Å². The van der Waals surface area contributed by atoms with Crippen molar-refractivity contribution in [1.82, 2.24) is 25.7 Å². The predicted octanol–water partition coefficient (Wildman–Crippen LogP) is 3.02. The van der Waals surface area contributed by atoms with Gasteiger partial charge in [0, 0.05) is 44.1 Å². The number of carbonyl (C=O) groups excluding carboxylic acids is 1. The van der Waals surface area contributed by atoms with E-state index in [1.165, 1.54) is 5.56 Å². The van der Waals surface area contributed by atoms with Gasteiger partial charge in [-0.05, 0) is 49.2 Å². The monoisotopic (exact) mass is 532 g/mol. The minimum atomic E-state index is -0.0714. The van der Waals surface area contributed by atoms with Crippen LogP contribution in [0.15, 0.2) is 78.0 Å². The highest BCUT2D eigenvalue weighted by Crippen LogP contribution is 2.09. The molecule has 0 aliphatic rings. The Morgan fingerprint density at radius 1 is 0.968 bits per heavy atom. The van der Waals surface area contributed by atoms with E-state index < -0.39 is 0 Å². The average Bonchev–Trinajstić information content (AvgIpc) is 3.32. The zero-order valence-electron chi connectivity index (χ0n) is 17.6. The Kier molecular flexibility index (Phi) is 10.6. The number of amides is 1. The summed E-state index contributed by atoms with van der Waals surface area (Å²) in [6, 6.07) is 19.4. The van der Waals surface area contributed by atoms with Gasteiger partial charge in [0.25, 0.3) is 5.91 Å². The zero-order valence-corrected chi connectivity index (χ0v) is 20.0. The van der Waals surface area contributed by atoms with Crippen molar-refractivity contribution in [3.05, 3.63) is 84.2 Å². The van der Waals surface area contributed by atoms with Crippen LogP contribution in [-0.2, 0) is 6.42 Å². The molecule has 1 amide bonds. The summed E-state index contributed by atoms with van der Waals surface area (Å²) in [6.45, 7) is 4.60. The van der Waals surface area contributed by atoms with Gasteiger partial charge in [0.05, 0.1) is 5.69 Å². The molecule has 0 spiro atoms. The highest BCUT2D eigenvalue weighted by atomic mass is 127. The molecular weight excluding hydrogens is 503 g/mol. The smallest absolute Gasteiger partial charge is 0.251 e. The number of hydrogen-bond acceptors (Lipinski definition) is 3. The Hall–Kier alpha value is -2.88. The molecule has 0 bridgehead atoms. The molecule has 8 heteroatoms. The van der Waals surface area contributed by atoms with Gasteiger partial charge < -0.3 is 16.0 Å². The van der Waals surface area contributed by atoms with Crippen molar-refractivity contribution >= 4 is 35.8 Å². The van der Waals surface area contributed by atoms with E-state index in [4.69, 9.17) is 0 Å². The molecule has 7 nitrogen and oxygen atoms in total. The van der Waals surface area contributed by atoms with E-state index in [1.54, 1.807) is 18.3 Å². The standard InChI is InChI=1S/C23H28N6O.HI/c1-2-24-23(27-17-16-25-22(30)20-7-4-3-5-8-20)26-15-13-19-9-11-21(12-10-19)29-18-6-14-28-29;/h3-12,14,18H,2,13,15-17H2,1H3,(H,25,30)(H2,24,26,27);1H. The fraction of sp³-hybridized carbons (Fsp3) is 0.261. The molecule has 0 aliphatic heterocycles. The molecule has 3 aromatic rings. The van der Waals surface area contributed by atoms with Crippen molar-refractivity contribution in [2.24, 2.45) is 4.99 Å². The minimum absolute atomic E-state index is 0. The second-order valence-corrected chi connectivity index (χ2v) is 6.68. The van der Waals surface area contributed by atoms with Gasteiger partial charge in [-0.1, -0.05) is 30.3 Å². The summed E-state index contributed by atoms with van der Waals surface area (Å²) in [5.41, 5.74) is 2.93. The van der Waals surface area contributed by atoms with Gasteiger partial charge in [0.1, 0.15) is 0 Å². The maximum absolute atomic E-state index is 12.1. The van der Waals surface area contributed by atoms with E-state index in [2.05, 4.69) is 50.3 Å². The number of nitrogens with zero attached hydrogens (tertiary/aromatic N) is 3. The number of carbonyl (C=O) groups is 1. The number of aromatic nitrogens is 2. The first-order chi connectivity index (χ1) is 14.8. The lowest BCUT2D eigenvalue weighted by molar-refractivity contribution is 0.0954. The summed E-state index contributed by atoms with van der Waals surface area (Å²) in [7, 11) is 0. The molecule has 0 fully saturated rings. The Morgan fingerprint density at radius 3 is 2.39 bits per heavy atom. The van der Waals surface area contributed by atoms with Crippen molar-refractivity contribution < 1.29 is 4.79 Å². The highest BCUT2D eigenvalue weighted by Gasteiger charge is 2.03. The Balaban J connectivity index is 0.00000341. The first-order valence-electron chi connectivity index (χ1n) is 10.2. The van der Waals surface area contributed by atoms with Gasteiger partial charge in [0.2, 0.25) is 0 Å². The molecule has 1 heterocycles. The number of halogens is 1. The normalized spacial score (nSPS) is 10.8. The summed E-state index contributed by atoms with van der Waals surface area (Å²) in [6.07, 6.45) is 4.54. The van der Waals surface area contributed by atoms with Crippen LogP contribution in [0.3, 0.4) is 0 Å². The van der Waals surface area contributed by atoms with Crippen molar-refractivity contribution in [2.45, 2.75) is 13.3 Å².